The molecule has 0 aliphatic carbocycles. The Kier molecular flexibility index (Phi) is 7.06. The monoisotopic (exact) mass is 356 g/mol. The van der Waals surface area contributed by atoms with Gasteiger partial charge in [0, 0.05) is 13.3 Å². The lowest BCUT2D eigenvalue weighted by Gasteiger charge is -2.21. The first-order valence-electron chi connectivity index (χ1n) is 6.81. The van der Waals surface area contributed by atoms with E-state index in [2.05, 4.69) is 27.4 Å². The summed E-state index contributed by atoms with van der Waals surface area (Å²) < 4.78 is 23.0. The number of carbonyl (C=O) groups excluding carboxylic acids is 1. The van der Waals surface area contributed by atoms with Crippen LogP contribution in [0.25, 0.3) is 0 Å². The summed E-state index contributed by atoms with van der Waals surface area (Å²) in [7, 11) is -0.920. The lowest BCUT2D eigenvalue weighted by atomic mass is 10.2. The van der Waals surface area contributed by atoms with Crippen LogP contribution < -0.4 is 10.4 Å². The van der Waals surface area contributed by atoms with Crippen LogP contribution in [0.2, 0.25) is 0 Å². The maximum absolute atomic E-state index is 13.2. The molecule has 1 atom stereocenters. The Balaban J connectivity index is 3.37. The van der Waals surface area contributed by atoms with Gasteiger partial charge in [0.1, 0.15) is 4.91 Å². The van der Waals surface area contributed by atoms with Crippen molar-refractivity contribution in [2.24, 2.45) is 4.99 Å². The molecule has 0 aromatic heterocycles. The van der Waals surface area contributed by atoms with Crippen LogP contribution in [0.4, 0.5) is 0 Å². The van der Waals surface area contributed by atoms with E-state index in [0.29, 0.717) is 5.30 Å². The fraction of sp³-hybridized carbons (Fsp3) is 0.333. The molecule has 23 heavy (non-hydrogen) atoms. The number of hydrogen-bond acceptors (Lipinski definition) is 6. The number of aliphatic imine (C=N–C) groups is 1. The van der Waals surface area contributed by atoms with Gasteiger partial charge in [-0.2, -0.15) is 0 Å². The van der Waals surface area contributed by atoms with Crippen molar-refractivity contribution in [2.45, 2.75) is 20.8 Å². The summed E-state index contributed by atoms with van der Waals surface area (Å²) in [5.41, 5.74) is 1.85. The number of rotatable bonds is 6. The molecular weight excluding hydrogens is 335 g/mol. The molecule has 0 aliphatic rings. The highest BCUT2D eigenvalue weighted by Crippen LogP contribution is 2.43. The largest absolute Gasteiger partial charge is 0.465 e. The Bertz CT molecular complexity index is 701. The van der Waals surface area contributed by atoms with Crippen LogP contribution in [0.3, 0.4) is 0 Å². The molecule has 126 valence electrons. The number of ether oxygens (including phenoxy) is 1. The zero-order valence-corrected chi connectivity index (χ0v) is 15.6. The minimum atomic E-state index is -3.48. The van der Waals surface area contributed by atoms with Crippen molar-refractivity contribution in [1.82, 2.24) is 5.09 Å². The molecule has 0 amide bonds. The summed E-state index contributed by atoms with van der Waals surface area (Å²) in [4.78, 5) is 15.6. The standard InChI is InChI=1S/C15H21N2O4PS/c1-6-16-14(13(23)15(18)20-4)17-22(19,21-5)12-8-7-10(2)9-11(12)3/h6-9,23H,1-5H3,(H,17,19)/b14-13+,16-6?. The summed E-state index contributed by atoms with van der Waals surface area (Å²) >= 11 is 4.09. The van der Waals surface area contributed by atoms with Gasteiger partial charge < -0.3 is 9.26 Å². The number of methoxy groups -OCH3 is 1. The van der Waals surface area contributed by atoms with Gasteiger partial charge in [0.2, 0.25) is 0 Å². The molecule has 0 radical (unpaired) electrons. The average Bonchev–Trinajstić information content (AvgIpc) is 2.52. The predicted octanol–water partition coefficient (Wildman–Crippen LogP) is 2.72. The molecular formula is C15H21N2O4PS. The molecule has 0 bridgehead atoms. The van der Waals surface area contributed by atoms with Gasteiger partial charge in [-0.1, -0.05) is 17.7 Å². The fourth-order valence-electron chi connectivity index (χ4n) is 1.94. The average molecular weight is 356 g/mol. The van der Waals surface area contributed by atoms with Crippen molar-refractivity contribution in [3.05, 3.63) is 40.1 Å². The molecule has 1 aromatic rings. The molecule has 8 heteroatoms. The normalized spacial score (nSPS) is 15.0. The van der Waals surface area contributed by atoms with Gasteiger partial charge in [-0.05, 0) is 32.4 Å². The van der Waals surface area contributed by atoms with Crippen molar-refractivity contribution in [1.29, 1.82) is 0 Å². The van der Waals surface area contributed by atoms with E-state index in [4.69, 9.17) is 4.52 Å². The van der Waals surface area contributed by atoms with Crippen molar-refractivity contribution >= 4 is 37.6 Å². The summed E-state index contributed by atoms with van der Waals surface area (Å²) in [5.74, 6) is -0.669. The fourth-order valence-corrected chi connectivity index (χ4v) is 3.89. The first kappa shape index (κ1) is 19.5. The number of carbonyl (C=O) groups is 1. The van der Waals surface area contributed by atoms with Crippen LogP contribution in [0.1, 0.15) is 18.1 Å². The maximum atomic E-state index is 13.2. The van der Waals surface area contributed by atoms with E-state index in [-0.39, 0.29) is 10.7 Å². The van der Waals surface area contributed by atoms with Crippen molar-refractivity contribution < 1.29 is 18.6 Å². The predicted molar refractivity (Wildman–Crippen MR) is 95.5 cm³/mol. The number of nitrogens with zero attached hydrogens (tertiary/aromatic N) is 1. The van der Waals surface area contributed by atoms with Gasteiger partial charge in [-0.25, -0.2) is 9.79 Å². The number of nitrogens with one attached hydrogen (secondary N) is 1. The molecule has 0 fully saturated rings. The lowest BCUT2D eigenvalue weighted by Crippen LogP contribution is -2.23. The van der Waals surface area contributed by atoms with Crippen LogP contribution in [0.15, 0.2) is 33.9 Å². The molecule has 0 spiro atoms. The van der Waals surface area contributed by atoms with Crippen LogP contribution in [-0.2, 0) is 18.6 Å². The molecule has 0 saturated heterocycles. The third-order valence-electron chi connectivity index (χ3n) is 3.04. The highest BCUT2D eigenvalue weighted by molar-refractivity contribution is 7.85. The van der Waals surface area contributed by atoms with E-state index >= 15 is 0 Å². The minimum Gasteiger partial charge on any atom is -0.465 e. The molecule has 1 unspecified atom stereocenters. The number of benzene rings is 1. The van der Waals surface area contributed by atoms with Gasteiger partial charge in [-0.3, -0.25) is 9.65 Å². The molecule has 1 aromatic carbocycles. The Morgan fingerprint density at radius 1 is 1.35 bits per heavy atom. The minimum absolute atomic E-state index is 0.0211. The second-order valence-corrected chi connectivity index (χ2v) is 7.33. The summed E-state index contributed by atoms with van der Waals surface area (Å²) in [6, 6.07) is 5.46. The smallest absolute Gasteiger partial charge is 0.347 e. The number of hydrogen-bond donors (Lipinski definition) is 2. The first-order chi connectivity index (χ1) is 10.8. The number of aryl methyl sites for hydroxylation is 2. The van der Waals surface area contributed by atoms with E-state index in [1.165, 1.54) is 20.4 Å². The maximum Gasteiger partial charge on any atom is 0.347 e. The molecule has 0 saturated carbocycles. The van der Waals surface area contributed by atoms with Crippen LogP contribution in [-0.4, -0.2) is 26.4 Å². The van der Waals surface area contributed by atoms with Crippen molar-refractivity contribution in [3.63, 3.8) is 0 Å². The van der Waals surface area contributed by atoms with Crippen LogP contribution in [0.5, 0.6) is 0 Å². The number of esters is 1. The lowest BCUT2D eigenvalue weighted by molar-refractivity contribution is -0.135. The van der Waals surface area contributed by atoms with E-state index in [1.807, 2.05) is 26.0 Å². The Morgan fingerprint density at radius 3 is 2.48 bits per heavy atom. The van der Waals surface area contributed by atoms with E-state index < -0.39 is 13.5 Å². The highest BCUT2D eigenvalue weighted by Gasteiger charge is 2.29. The molecule has 1 rings (SSSR count). The second kappa shape index (κ2) is 8.34. The SMILES string of the molecule is CC=N/C(NP(=O)(OC)c1ccc(C)cc1C)=C(\S)C(=O)OC. The summed E-state index contributed by atoms with van der Waals surface area (Å²) in [5, 5.41) is 3.21. The zero-order valence-electron chi connectivity index (χ0n) is 13.8. The van der Waals surface area contributed by atoms with E-state index in [1.54, 1.807) is 13.0 Å². The second-order valence-electron chi connectivity index (χ2n) is 4.71. The summed E-state index contributed by atoms with van der Waals surface area (Å²) in [6.07, 6.45) is 1.45. The van der Waals surface area contributed by atoms with E-state index in [0.717, 1.165) is 11.1 Å². The molecule has 6 nitrogen and oxygen atoms in total. The van der Waals surface area contributed by atoms with Crippen molar-refractivity contribution in [2.75, 3.05) is 14.2 Å². The third-order valence-corrected chi connectivity index (χ3v) is 5.59. The zero-order chi connectivity index (χ0) is 17.6. The quantitative estimate of drug-likeness (QED) is 0.269. The Morgan fingerprint density at radius 2 is 2.00 bits per heavy atom. The van der Waals surface area contributed by atoms with E-state index in [9.17, 15) is 9.36 Å². The van der Waals surface area contributed by atoms with Gasteiger partial charge >= 0.3 is 13.5 Å². The summed E-state index contributed by atoms with van der Waals surface area (Å²) in [6.45, 7) is 5.44. The topological polar surface area (TPSA) is 77.0 Å². The van der Waals surface area contributed by atoms with Crippen LogP contribution in [0, 0.1) is 13.8 Å². The Labute approximate surface area is 141 Å². The van der Waals surface area contributed by atoms with Gasteiger partial charge in [0.05, 0.1) is 12.4 Å². The molecule has 0 heterocycles. The number of thiol groups is 1. The van der Waals surface area contributed by atoms with Gasteiger partial charge in [0.25, 0.3) is 0 Å². The van der Waals surface area contributed by atoms with Crippen LogP contribution >= 0.6 is 20.1 Å². The Hall–Kier alpha value is -1.56. The highest BCUT2D eigenvalue weighted by atomic mass is 32.1. The van der Waals surface area contributed by atoms with Crippen molar-refractivity contribution in [3.8, 4) is 0 Å². The van der Waals surface area contributed by atoms with Gasteiger partial charge in [0.15, 0.2) is 5.82 Å². The first-order valence-corrected chi connectivity index (χ1v) is 8.88. The third kappa shape index (κ3) is 4.70. The van der Waals surface area contributed by atoms with Gasteiger partial charge in [-0.15, -0.1) is 12.6 Å². The molecule has 0 aliphatic heterocycles. The molecule has 1 N–H and O–H groups in total.